The number of rotatable bonds is 8. The van der Waals surface area contributed by atoms with Crippen LogP contribution >= 0.6 is 11.6 Å². The number of carbonyl (C=O) groups excluding carboxylic acids is 1. The molecule has 25 heavy (non-hydrogen) atoms. The van der Waals surface area contributed by atoms with Crippen LogP contribution in [-0.2, 0) is 4.79 Å². The van der Waals surface area contributed by atoms with Crippen LogP contribution < -0.4 is 9.47 Å². The van der Waals surface area contributed by atoms with E-state index in [-0.39, 0.29) is 24.0 Å². The molecule has 0 atom stereocenters. The average molecular weight is 365 g/mol. The van der Waals surface area contributed by atoms with Crippen molar-refractivity contribution < 1.29 is 19.2 Å². The maximum Gasteiger partial charge on any atom is 0.273 e. The van der Waals surface area contributed by atoms with E-state index in [2.05, 4.69) is 0 Å². The maximum absolute atomic E-state index is 12.0. The van der Waals surface area contributed by atoms with E-state index >= 15 is 0 Å². The molecule has 1 amide bonds. The van der Waals surface area contributed by atoms with Gasteiger partial charge in [-0.15, -0.1) is 0 Å². The minimum Gasteiger partial charge on any atom is -0.492 e. The van der Waals surface area contributed by atoms with Gasteiger partial charge in [0.05, 0.1) is 17.5 Å². The second-order valence-corrected chi connectivity index (χ2v) is 5.60. The van der Waals surface area contributed by atoms with Gasteiger partial charge in [0, 0.05) is 18.1 Å². The number of hydrogen-bond acceptors (Lipinski definition) is 5. The normalized spacial score (nSPS) is 10.2. The molecule has 0 N–H and O–H groups in total. The van der Waals surface area contributed by atoms with Gasteiger partial charge < -0.3 is 14.4 Å². The van der Waals surface area contributed by atoms with E-state index in [1.54, 1.807) is 37.4 Å². The Labute approximate surface area is 149 Å². The summed E-state index contributed by atoms with van der Waals surface area (Å²) >= 11 is 5.79. The monoisotopic (exact) mass is 364 g/mol. The lowest BCUT2D eigenvalue weighted by Crippen LogP contribution is -2.34. The Morgan fingerprint density at radius 3 is 2.56 bits per heavy atom. The number of halogens is 1. The van der Waals surface area contributed by atoms with Crippen molar-refractivity contribution in [1.29, 1.82) is 0 Å². The highest BCUT2D eigenvalue weighted by molar-refractivity contribution is 6.30. The van der Waals surface area contributed by atoms with Gasteiger partial charge in [-0.1, -0.05) is 17.7 Å². The van der Waals surface area contributed by atoms with Gasteiger partial charge in [0.25, 0.3) is 11.6 Å². The topological polar surface area (TPSA) is 81.9 Å². The molecule has 0 saturated carbocycles. The van der Waals surface area contributed by atoms with Crippen LogP contribution in [0.2, 0.25) is 5.02 Å². The van der Waals surface area contributed by atoms with Crippen molar-refractivity contribution in [3.05, 3.63) is 63.7 Å². The summed E-state index contributed by atoms with van der Waals surface area (Å²) in [5.74, 6) is 0.678. The fraction of sp³-hybridized carbons (Fsp3) is 0.235. The summed E-state index contributed by atoms with van der Waals surface area (Å²) in [5.41, 5.74) is -0.0883. The zero-order chi connectivity index (χ0) is 18.2. The van der Waals surface area contributed by atoms with Crippen LogP contribution in [0.15, 0.2) is 48.5 Å². The molecule has 2 rings (SSSR count). The van der Waals surface area contributed by atoms with Crippen molar-refractivity contribution >= 4 is 23.2 Å². The van der Waals surface area contributed by atoms with E-state index in [0.29, 0.717) is 23.9 Å². The first-order valence-corrected chi connectivity index (χ1v) is 7.83. The highest BCUT2D eigenvalue weighted by Gasteiger charge is 2.11. The molecule has 0 bridgehead atoms. The van der Waals surface area contributed by atoms with Crippen molar-refractivity contribution in [3.8, 4) is 11.5 Å². The van der Waals surface area contributed by atoms with Crippen LogP contribution in [0.1, 0.15) is 0 Å². The average Bonchev–Trinajstić information content (AvgIpc) is 2.61. The quantitative estimate of drug-likeness (QED) is 0.530. The summed E-state index contributed by atoms with van der Waals surface area (Å²) in [4.78, 5) is 23.7. The molecule has 7 nitrogen and oxygen atoms in total. The second kappa shape index (κ2) is 8.89. The molecule has 0 aromatic heterocycles. The molecule has 0 saturated heterocycles. The highest BCUT2D eigenvalue weighted by atomic mass is 35.5. The number of carbonyl (C=O) groups is 1. The molecule has 0 aliphatic heterocycles. The lowest BCUT2D eigenvalue weighted by molar-refractivity contribution is -0.384. The zero-order valence-corrected chi connectivity index (χ0v) is 14.3. The molecule has 0 unspecified atom stereocenters. The fourth-order valence-electron chi connectivity index (χ4n) is 1.90. The van der Waals surface area contributed by atoms with E-state index in [1.165, 1.54) is 23.1 Å². The Morgan fingerprint density at radius 2 is 1.88 bits per heavy atom. The molecule has 0 radical (unpaired) electrons. The Bertz CT molecular complexity index is 736. The lowest BCUT2D eigenvalue weighted by atomic mass is 10.3. The van der Waals surface area contributed by atoms with E-state index in [4.69, 9.17) is 21.1 Å². The number of amides is 1. The van der Waals surface area contributed by atoms with Crippen LogP contribution in [-0.4, -0.2) is 42.5 Å². The Morgan fingerprint density at radius 1 is 1.16 bits per heavy atom. The van der Waals surface area contributed by atoms with Crippen molar-refractivity contribution in [1.82, 2.24) is 4.90 Å². The summed E-state index contributed by atoms with van der Waals surface area (Å²) in [5, 5.41) is 11.3. The fourth-order valence-corrected chi connectivity index (χ4v) is 2.02. The van der Waals surface area contributed by atoms with Gasteiger partial charge in [-0.05, 0) is 30.3 Å². The minimum atomic E-state index is -0.519. The van der Waals surface area contributed by atoms with Crippen molar-refractivity contribution in [2.45, 2.75) is 0 Å². The van der Waals surface area contributed by atoms with E-state index in [9.17, 15) is 14.9 Å². The molecule has 0 spiro atoms. The number of nitrogens with zero attached hydrogens (tertiary/aromatic N) is 2. The Balaban J connectivity index is 1.75. The largest absolute Gasteiger partial charge is 0.492 e. The lowest BCUT2D eigenvalue weighted by Gasteiger charge is -2.17. The van der Waals surface area contributed by atoms with Gasteiger partial charge in [-0.25, -0.2) is 0 Å². The van der Waals surface area contributed by atoms with Crippen LogP contribution in [0.3, 0.4) is 0 Å². The maximum atomic E-state index is 12.0. The number of non-ortho nitro benzene ring substituents is 1. The summed E-state index contributed by atoms with van der Waals surface area (Å²) in [6, 6.07) is 12.6. The third-order valence-electron chi connectivity index (χ3n) is 3.33. The number of likely N-dealkylation sites (N-methyl/N-ethyl adjacent to an activating group) is 1. The Kier molecular flexibility index (Phi) is 6.59. The van der Waals surface area contributed by atoms with Gasteiger partial charge in [0.2, 0.25) is 0 Å². The van der Waals surface area contributed by atoms with Crippen molar-refractivity contribution in [2.75, 3.05) is 26.8 Å². The summed E-state index contributed by atoms with van der Waals surface area (Å²) in [7, 11) is 1.63. The van der Waals surface area contributed by atoms with Crippen molar-refractivity contribution in [2.24, 2.45) is 0 Å². The molecule has 8 heteroatoms. The third-order valence-corrected chi connectivity index (χ3v) is 3.58. The predicted molar refractivity (Wildman–Crippen MR) is 93.2 cm³/mol. The first-order valence-electron chi connectivity index (χ1n) is 7.45. The molecule has 0 fully saturated rings. The van der Waals surface area contributed by atoms with E-state index in [1.807, 2.05) is 0 Å². The summed E-state index contributed by atoms with van der Waals surface area (Å²) in [6.45, 7) is 0.485. The molecule has 0 heterocycles. The van der Waals surface area contributed by atoms with Gasteiger partial charge >= 0.3 is 0 Å². The molecule has 0 aliphatic carbocycles. The molecule has 2 aromatic rings. The number of benzene rings is 2. The summed E-state index contributed by atoms with van der Waals surface area (Å²) in [6.07, 6.45) is 0. The van der Waals surface area contributed by atoms with Crippen LogP contribution in [0.4, 0.5) is 5.69 Å². The number of ether oxygens (including phenoxy) is 2. The van der Waals surface area contributed by atoms with Crippen LogP contribution in [0, 0.1) is 10.1 Å². The highest BCUT2D eigenvalue weighted by Crippen LogP contribution is 2.19. The molecular formula is C17H17ClN2O5. The third kappa shape index (κ3) is 5.96. The zero-order valence-electron chi connectivity index (χ0n) is 13.6. The summed E-state index contributed by atoms with van der Waals surface area (Å²) < 4.78 is 10.8. The van der Waals surface area contributed by atoms with Gasteiger partial charge in [0.15, 0.2) is 6.61 Å². The van der Waals surface area contributed by atoms with E-state index in [0.717, 1.165) is 0 Å². The molecule has 0 aliphatic rings. The molecule has 2 aromatic carbocycles. The second-order valence-electron chi connectivity index (χ2n) is 5.16. The Hall–Kier alpha value is -2.80. The smallest absolute Gasteiger partial charge is 0.273 e. The van der Waals surface area contributed by atoms with Gasteiger partial charge in [0.1, 0.15) is 18.1 Å². The standard InChI is InChI=1S/C17H17ClN2O5/c1-19(9-10-24-15-7-5-13(18)6-8-15)17(21)12-25-16-4-2-3-14(11-16)20(22)23/h2-8,11H,9-10,12H2,1H3. The number of nitro benzene ring substituents is 1. The van der Waals surface area contributed by atoms with Crippen LogP contribution in [0.5, 0.6) is 11.5 Å². The SMILES string of the molecule is CN(CCOc1ccc(Cl)cc1)C(=O)COc1cccc([N+](=O)[O-])c1. The molecule has 132 valence electrons. The van der Waals surface area contributed by atoms with Gasteiger partial charge in [-0.3, -0.25) is 14.9 Å². The number of nitro groups is 1. The number of hydrogen-bond donors (Lipinski definition) is 0. The van der Waals surface area contributed by atoms with Crippen molar-refractivity contribution in [3.63, 3.8) is 0 Å². The molecular weight excluding hydrogens is 348 g/mol. The predicted octanol–water partition coefficient (Wildman–Crippen LogP) is 3.16. The van der Waals surface area contributed by atoms with Gasteiger partial charge in [-0.2, -0.15) is 0 Å². The van der Waals surface area contributed by atoms with Crippen LogP contribution in [0.25, 0.3) is 0 Å². The first kappa shape index (κ1) is 18.5. The van der Waals surface area contributed by atoms with E-state index < -0.39 is 4.92 Å². The minimum absolute atomic E-state index is 0.0883. The first-order chi connectivity index (χ1) is 12.0.